The van der Waals surface area contributed by atoms with Gasteiger partial charge in [-0.05, 0) is 12.1 Å². The number of hydrogen-bond donors (Lipinski definition) is 1. The normalized spacial score (nSPS) is 19.6. The maximum absolute atomic E-state index is 12.7. The van der Waals surface area contributed by atoms with Gasteiger partial charge >= 0.3 is 6.18 Å². The van der Waals surface area contributed by atoms with Gasteiger partial charge in [0.1, 0.15) is 0 Å². The number of nitrogens with two attached hydrogens (primary N) is 1. The van der Waals surface area contributed by atoms with Crippen molar-refractivity contribution < 1.29 is 22.7 Å². The minimum atomic E-state index is -4.50. The summed E-state index contributed by atoms with van der Waals surface area (Å²) in [6.45, 7) is -0.579. The van der Waals surface area contributed by atoms with Crippen LogP contribution >= 0.6 is 0 Å². The standard InChI is InChI=1S/C13H13F3N4O2/c14-13(15,16)11-7-19(3-4-22-11)12(21)9-6-18-20-2-1-8(17)5-10(9)20/h1-2,5-6,11H,3-4,7,17H2. The molecular formula is C13H13F3N4O2. The molecule has 0 aliphatic carbocycles. The van der Waals surface area contributed by atoms with Gasteiger partial charge in [-0.25, -0.2) is 4.52 Å². The maximum Gasteiger partial charge on any atom is 0.416 e. The first kappa shape index (κ1) is 14.6. The molecule has 0 bridgehead atoms. The number of ether oxygens (including phenoxy) is 1. The van der Waals surface area contributed by atoms with Crippen LogP contribution in [-0.4, -0.2) is 52.4 Å². The van der Waals surface area contributed by atoms with E-state index in [0.29, 0.717) is 11.2 Å². The highest BCUT2D eigenvalue weighted by Crippen LogP contribution is 2.26. The third-order valence-electron chi connectivity index (χ3n) is 3.49. The van der Waals surface area contributed by atoms with E-state index in [2.05, 4.69) is 9.84 Å². The molecule has 2 aromatic heterocycles. The number of carbonyl (C=O) groups is 1. The summed E-state index contributed by atoms with van der Waals surface area (Å²) >= 11 is 0. The van der Waals surface area contributed by atoms with Crippen molar-refractivity contribution in [3.8, 4) is 0 Å². The second kappa shape index (κ2) is 5.16. The molecule has 6 nitrogen and oxygen atoms in total. The zero-order chi connectivity index (χ0) is 15.9. The predicted molar refractivity (Wildman–Crippen MR) is 71.3 cm³/mol. The van der Waals surface area contributed by atoms with Crippen LogP contribution in [0.15, 0.2) is 24.5 Å². The number of pyridine rings is 1. The van der Waals surface area contributed by atoms with Crippen LogP contribution in [0.2, 0.25) is 0 Å². The molecule has 1 aliphatic heterocycles. The van der Waals surface area contributed by atoms with Crippen molar-refractivity contribution in [3.63, 3.8) is 0 Å². The van der Waals surface area contributed by atoms with E-state index >= 15 is 0 Å². The predicted octanol–water partition coefficient (Wildman–Crippen LogP) is 1.32. The zero-order valence-electron chi connectivity index (χ0n) is 11.4. The molecule has 9 heteroatoms. The number of anilines is 1. The molecule has 0 radical (unpaired) electrons. The quantitative estimate of drug-likeness (QED) is 0.861. The molecule has 0 saturated carbocycles. The number of amides is 1. The molecule has 22 heavy (non-hydrogen) atoms. The maximum atomic E-state index is 12.7. The van der Waals surface area contributed by atoms with Crippen molar-refractivity contribution in [3.05, 3.63) is 30.1 Å². The molecule has 2 N–H and O–H groups in total. The van der Waals surface area contributed by atoms with E-state index in [1.807, 2.05) is 0 Å². The van der Waals surface area contributed by atoms with Crippen molar-refractivity contribution in [2.75, 3.05) is 25.4 Å². The van der Waals surface area contributed by atoms with Crippen LogP contribution in [-0.2, 0) is 4.74 Å². The topological polar surface area (TPSA) is 72.9 Å². The van der Waals surface area contributed by atoms with Gasteiger partial charge in [0, 0.05) is 18.4 Å². The van der Waals surface area contributed by atoms with Crippen molar-refractivity contribution in [1.29, 1.82) is 0 Å². The van der Waals surface area contributed by atoms with Crippen molar-refractivity contribution in [2.45, 2.75) is 12.3 Å². The average Bonchev–Trinajstić information content (AvgIpc) is 2.88. The Morgan fingerprint density at radius 3 is 2.95 bits per heavy atom. The number of halogens is 3. The fourth-order valence-corrected chi connectivity index (χ4v) is 2.36. The van der Waals surface area contributed by atoms with Crippen LogP contribution in [0.1, 0.15) is 10.4 Å². The smallest absolute Gasteiger partial charge is 0.399 e. The highest BCUT2D eigenvalue weighted by atomic mass is 19.4. The largest absolute Gasteiger partial charge is 0.416 e. The van der Waals surface area contributed by atoms with Gasteiger partial charge in [-0.2, -0.15) is 18.3 Å². The van der Waals surface area contributed by atoms with Crippen LogP contribution in [0.25, 0.3) is 5.52 Å². The van der Waals surface area contributed by atoms with Gasteiger partial charge in [0.05, 0.1) is 30.4 Å². The number of morpholine rings is 1. The van der Waals surface area contributed by atoms with E-state index < -0.39 is 24.7 Å². The summed E-state index contributed by atoms with van der Waals surface area (Å²) in [6.07, 6.45) is -3.55. The van der Waals surface area contributed by atoms with Crippen molar-refractivity contribution in [2.24, 2.45) is 0 Å². The summed E-state index contributed by atoms with van der Waals surface area (Å²) in [5.74, 6) is -0.516. The average molecular weight is 314 g/mol. The van der Waals surface area contributed by atoms with Gasteiger partial charge in [-0.3, -0.25) is 4.79 Å². The Balaban J connectivity index is 1.88. The fourth-order valence-electron chi connectivity index (χ4n) is 2.36. The SMILES string of the molecule is Nc1ccn2ncc(C(=O)N3CCOC(C(F)(F)F)C3)c2c1. The Labute approximate surface area is 123 Å². The number of alkyl halides is 3. The summed E-state index contributed by atoms with van der Waals surface area (Å²) in [4.78, 5) is 13.6. The molecule has 3 rings (SSSR count). The Hall–Kier alpha value is -2.29. The number of fused-ring (bicyclic) bond motifs is 1. The number of rotatable bonds is 1. The lowest BCUT2D eigenvalue weighted by atomic mass is 10.2. The van der Waals surface area contributed by atoms with E-state index in [4.69, 9.17) is 5.73 Å². The second-order valence-corrected chi connectivity index (χ2v) is 5.00. The number of carbonyl (C=O) groups excluding carboxylic acids is 1. The summed E-state index contributed by atoms with van der Waals surface area (Å²) in [7, 11) is 0. The van der Waals surface area contributed by atoms with E-state index in [9.17, 15) is 18.0 Å². The second-order valence-electron chi connectivity index (χ2n) is 5.00. The number of nitrogens with zero attached hydrogens (tertiary/aromatic N) is 3. The van der Waals surface area contributed by atoms with Gasteiger partial charge in [-0.1, -0.05) is 0 Å². The Bertz CT molecular complexity index is 713. The highest BCUT2D eigenvalue weighted by Gasteiger charge is 2.44. The summed E-state index contributed by atoms with van der Waals surface area (Å²) in [6, 6.07) is 3.17. The lowest BCUT2D eigenvalue weighted by Crippen LogP contribution is -2.51. The Morgan fingerprint density at radius 1 is 1.45 bits per heavy atom. The van der Waals surface area contributed by atoms with Crippen LogP contribution in [0.5, 0.6) is 0 Å². The van der Waals surface area contributed by atoms with Crippen molar-refractivity contribution >= 4 is 17.1 Å². The Morgan fingerprint density at radius 2 is 2.23 bits per heavy atom. The third-order valence-corrected chi connectivity index (χ3v) is 3.49. The number of aromatic nitrogens is 2. The first-order valence-corrected chi connectivity index (χ1v) is 6.57. The first-order chi connectivity index (χ1) is 10.4. The summed E-state index contributed by atoms with van der Waals surface area (Å²) < 4.78 is 44.3. The molecule has 118 valence electrons. The number of nitrogen functional groups attached to an aromatic ring is 1. The van der Waals surface area contributed by atoms with Crippen LogP contribution in [0.3, 0.4) is 0 Å². The highest BCUT2D eigenvalue weighted by molar-refractivity contribution is 6.01. The lowest BCUT2D eigenvalue weighted by Gasteiger charge is -2.33. The third kappa shape index (κ3) is 2.59. The van der Waals surface area contributed by atoms with Crippen LogP contribution in [0, 0.1) is 0 Å². The van der Waals surface area contributed by atoms with Gasteiger partial charge < -0.3 is 15.4 Å². The Kier molecular flexibility index (Phi) is 3.44. The van der Waals surface area contributed by atoms with E-state index in [0.717, 1.165) is 4.90 Å². The molecule has 1 saturated heterocycles. The fraction of sp³-hybridized carbons (Fsp3) is 0.385. The van der Waals surface area contributed by atoms with Gasteiger partial charge in [-0.15, -0.1) is 0 Å². The minimum absolute atomic E-state index is 0.102. The molecule has 3 heterocycles. The van der Waals surface area contributed by atoms with Crippen molar-refractivity contribution in [1.82, 2.24) is 14.5 Å². The molecule has 1 amide bonds. The molecule has 1 aliphatic rings. The first-order valence-electron chi connectivity index (χ1n) is 6.57. The molecule has 1 fully saturated rings. The molecule has 1 unspecified atom stereocenters. The summed E-state index contributed by atoms with van der Waals surface area (Å²) in [5, 5.41) is 4.00. The lowest BCUT2D eigenvalue weighted by molar-refractivity contribution is -0.233. The molecule has 2 aromatic rings. The van der Waals surface area contributed by atoms with Crippen LogP contribution in [0.4, 0.5) is 18.9 Å². The van der Waals surface area contributed by atoms with E-state index in [1.165, 1.54) is 10.7 Å². The zero-order valence-corrected chi connectivity index (χ0v) is 11.4. The van der Waals surface area contributed by atoms with Crippen LogP contribution < -0.4 is 5.73 Å². The monoisotopic (exact) mass is 314 g/mol. The molecule has 1 atom stereocenters. The molecule has 0 aromatic carbocycles. The van der Waals surface area contributed by atoms with E-state index in [1.54, 1.807) is 18.3 Å². The van der Waals surface area contributed by atoms with Gasteiger partial charge in [0.2, 0.25) is 0 Å². The molecule has 0 spiro atoms. The minimum Gasteiger partial charge on any atom is -0.399 e. The number of hydrogen-bond acceptors (Lipinski definition) is 4. The van der Waals surface area contributed by atoms with Gasteiger partial charge in [0.25, 0.3) is 5.91 Å². The molecular weight excluding hydrogens is 301 g/mol. The van der Waals surface area contributed by atoms with Gasteiger partial charge in [0.15, 0.2) is 6.10 Å². The summed E-state index contributed by atoms with van der Waals surface area (Å²) in [5.41, 5.74) is 6.79. The van der Waals surface area contributed by atoms with E-state index in [-0.39, 0.29) is 18.7 Å².